The standard InChI is InChI=1S/C27H23FN4O2S/c1-34-22-9-2-18(3-10-22)23-17-32-24-11-4-19(16-25(24)35-27(32)29-23)26(33)31-14-12-30(13-15-31)21-7-5-20(28)6-8-21/h2-11,16-17H,12-15H2,1H3. The second-order valence-corrected chi connectivity index (χ2v) is 9.56. The van der Waals surface area contributed by atoms with Crippen molar-refractivity contribution in [2.45, 2.75) is 0 Å². The summed E-state index contributed by atoms with van der Waals surface area (Å²) in [4.78, 5) is 23.0. The summed E-state index contributed by atoms with van der Waals surface area (Å²) in [6.45, 7) is 2.71. The number of piperazine rings is 1. The Hall–Kier alpha value is -3.91. The van der Waals surface area contributed by atoms with E-state index >= 15 is 0 Å². The number of aromatic nitrogens is 2. The van der Waals surface area contributed by atoms with Crippen molar-refractivity contribution in [3.05, 3.63) is 84.3 Å². The molecule has 6 nitrogen and oxygen atoms in total. The van der Waals surface area contributed by atoms with Crippen molar-refractivity contribution < 1.29 is 13.9 Å². The Balaban J connectivity index is 1.19. The zero-order valence-electron chi connectivity index (χ0n) is 19.1. The van der Waals surface area contributed by atoms with Gasteiger partial charge in [0.15, 0.2) is 4.96 Å². The molecule has 0 saturated carbocycles. The van der Waals surface area contributed by atoms with E-state index in [0.717, 1.165) is 51.0 Å². The zero-order chi connectivity index (χ0) is 23.9. The molecule has 8 heteroatoms. The highest BCUT2D eigenvalue weighted by molar-refractivity contribution is 7.23. The van der Waals surface area contributed by atoms with E-state index in [0.29, 0.717) is 18.7 Å². The molecule has 1 aliphatic rings. The summed E-state index contributed by atoms with van der Waals surface area (Å²) < 4.78 is 21.6. The largest absolute Gasteiger partial charge is 0.497 e. The number of carbonyl (C=O) groups excluding carboxylic acids is 1. The number of carbonyl (C=O) groups is 1. The molecule has 35 heavy (non-hydrogen) atoms. The average Bonchev–Trinajstić information content (AvgIpc) is 3.47. The summed E-state index contributed by atoms with van der Waals surface area (Å²) in [6, 6.07) is 20.2. The van der Waals surface area contributed by atoms with Crippen molar-refractivity contribution in [3.63, 3.8) is 0 Å². The van der Waals surface area contributed by atoms with E-state index in [1.165, 1.54) is 12.1 Å². The van der Waals surface area contributed by atoms with Crippen LogP contribution in [0, 0.1) is 5.82 Å². The number of amides is 1. The third-order valence-corrected chi connectivity index (χ3v) is 7.50. The molecule has 1 amide bonds. The van der Waals surface area contributed by atoms with Gasteiger partial charge in [-0.05, 0) is 66.7 Å². The Morgan fingerprint density at radius 1 is 0.971 bits per heavy atom. The number of thiazole rings is 1. The number of ether oxygens (including phenoxy) is 1. The average molecular weight is 487 g/mol. The molecule has 2 aromatic heterocycles. The highest BCUT2D eigenvalue weighted by Crippen LogP contribution is 2.31. The number of anilines is 1. The normalized spacial score (nSPS) is 14.1. The molecule has 0 unspecified atom stereocenters. The first kappa shape index (κ1) is 21.6. The molecule has 6 rings (SSSR count). The maximum absolute atomic E-state index is 13.2. The van der Waals surface area contributed by atoms with Crippen LogP contribution in [0.5, 0.6) is 5.75 Å². The van der Waals surface area contributed by atoms with E-state index in [2.05, 4.69) is 9.30 Å². The molecular weight excluding hydrogens is 463 g/mol. The maximum atomic E-state index is 13.2. The van der Waals surface area contributed by atoms with Crippen LogP contribution in [0.25, 0.3) is 26.4 Å². The van der Waals surface area contributed by atoms with Crippen molar-refractivity contribution >= 4 is 38.1 Å². The Kier molecular flexibility index (Phi) is 5.37. The number of hydrogen-bond donors (Lipinski definition) is 0. The van der Waals surface area contributed by atoms with Gasteiger partial charge in [0.2, 0.25) is 0 Å². The Labute approximate surface area is 205 Å². The van der Waals surface area contributed by atoms with E-state index in [-0.39, 0.29) is 11.7 Å². The van der Waals surface area contributed by atoms with Crippen molar-refractivity contribution in [1.29, 1.82) is 0 Å². The molecule has 0 N–H and O–H groups in total. The van der Waals surface area contributed by atoms with Gasteiger partial charge in [0, 0.05) is 49.2 Å². The summed E-state index contributed by atoms with van der Waals surface area (Å²) in [6.07, 6.45) is 2.03. The lowest BCUT2D eigenvalue weighted by Gasteiger charge is -2.36. The topological polar surface area (TPSA) is 50.1 Å². The van der Waals surface area contributed by atoms with Gasteiger partial charge >= 0.3 is 0 Å². The predicted molar refractivity (Wildman–Crippen MR) is 137 cm³/mol. The van der Waals surface area contributed by atoms with Gasteiger partial charge in [-0.2, -0.15) is 0 Å². The van der Waals surface area contributed by atoms with E-state index in [1.807, 2.05) is 53.6 Å². The van der Waals surface area contributed by atoms with Gasteiger partial charge in [-0.1, -0.05) is 11.3 Å². The molecule has 3 heterocycles. The van der Waals surface area contributed by atoms with Crippen LogP contribution in [-0.2, 0) is 0 Å². The van der Waals surface area contributed by atoms with Gasteiger partial charge in [-0.3, -0.25) is 9.20 Å². The maximum Gasteiger partial charge on any atom is 0.254 e. The molecule has 0 spiro atoms. The minimum absolute atomic E-state index is 0.0376. The number of imidazole rings is 1. The lowest BCUT2D eigenvalue weighted by molar-refractivity contribution is 0.0747. The third kappa shape index (κ3) is 4.00. The number of benzene rings is 3. The summed E-state index contributed by atoms with van der Waals surface area (Å²) in [7, 11) is 1.65. The summed E-state index contributed by atoms with van der Waals surface area (Å²) in [5.41, 5.74) is 4.64. The van der Waals surface area contributed by atoms with Crippen LogP contribution in [0.2, 0.25) is 0 Å². The molecule has 1 saturated heterocycles. The fraction of sp³-hybridized carbons (Fsp3) is 0.185. The van der Waals surface area contributed by atoms with Crippen LogP contribution in [0.1, 0.15) is 10.4 Å². The van der Waals surface area contributed by atoms with Gasteiger partial charge in [0.1, 0.15) is 11.6 Å². The first-order valence-electron chi connectivity index (χ1n) is 11.4. The molecule has 1 aliphatic heterocycles. The Bertz CT molecular complexity index is 1520. The van der Waals surface area contributed by atoms with Gasteiger partial charge in [0.25, 0.3) is 5.91 Å². The van der Waals surface area contributed by atoms with E-state index in [1.54, 1.807) is 30.6 Å². The Morgan fingerprint density at radius 2 is 1.71 bits per heavy atom. The molecule has 0 radical (unpaired) electrons. The van der Waals surface area contributed by atoms with Crippen molar-refractivity contribution in [2.24, 2.45) is 0 Å². The zero-order valence-corrected chi connectivity index (χ0v) is 20.0. The lowest BCUT2D eigenvalue weighted by Crippen LogP contribution is -2.48. The monoisotopic (exact) mass is 486 g/mol. The fourth-order valence-electron chi connectivity index (χ4n) is 4.54. The number of nitrogens with zero attached hydrogens (tertiary/aromatic N) is 4. The van der Waals surface area contributed by atoms with Crippen molar-refractivity contribution in [3.8, 4) is 17.0 Å². The number of fused-ring (bicyclic) bond motifs is 3. The second-order valence-electron chi connectivity index (χ2n) is 8.55. The minimum atomic E-state index is -0.240. The first-order chi connectivity index (χ1) is 17.1. The number of halogens is 1. The minimum Gasteiger partial charge on any atom is -0.497 e. The van der Waals surface area contributed by atoms with Crippen LogP contribution < -0.4 is 9.64 Å². The number of rotatable bonds is 4. The van der Waals surface area contributed by atoms with Crippen LogP contribution >= 0.6 is 11.3 Å². The lowest BCUT2D eigenvalue weighted by atomic mass is 10.1. The van der Waals surface area contributed by atoms with E-state index in [9.17, 15) is 9.18 Å². The molecule has 0 bridgehead atoms. The molecule has 3 aromatic carbocycles. The molecular formula is C27H23FN4O2S. The van der Waals surface area contributed by atoms with E-state index < -0.39 is 0 Å². The SMILES string of the molecule is COc1ccc(-c2cn3c(n2)sc2cc(C(=O)N4CCN(c5ccc(F)cc5)CC4)ccc23)cc1. The summed E-state index contributed by atoms with van der Waals surface area (Å²) >= 11 is 1.58. The fourth-order valence-corrected chi connectivity index (χ4v) is 5.58. The summed E-state index contributed by atoms with van der Waals surface area (Å²) in [5, 5.41) is 0. The van der Waals surface area contributed by atoms with Crippen LogP contribution in [-0.4, -0.2) is 53.5 Å². The van der Waals surface area contributed by atoms with Gasteiger partial charge in [-0.25, -0.2) is 9.37 Å². The quantitative estimate of drug-likeness (QED) is 0.345. The third-order valence-electron chi connectivity index (χ3n) is 6.49. The number of methoxy groups -OCH3 is 1. The smallest absolute Gasteiger partial charge is 0.254 e. The molecule has 0 atom stereocenters. The highest BCUT2D eigenvalue weighted by atomic mass is 32.1. The number of hydrogen-bond acceptors (Lipinski definition) is 5. The summed E-state index contributed by atoms with van der Waals surface area (Å²) in [5.74, 6) is 0.612. The Morgan fingerprint density at radius 3 is 2.43 bits per heavy atom. The first-order valence-corrected chi connectivity index (χ1v) is 12.3. The predicted octanol–water partition coefficient (Wildman–Crippen LogP) is 5.33. The van der Waals surface area contributed by atoms with Gasteiger partial charge in [0.05, 0.1) is 23.0 Å². The van der Waals surface area contributed by atoms with Gasteiger partial charge in [-0.15, -0.1) is 0 Å². The molecule has 176 valence electrons. The van der Waals surface area contributed by atoms with Crippen molar-refractivity contribution in [2.75, 3.05) is 38.2 Å². The van der Waals surface area contributed by atoms with Crippen LogP contribution in [0.15, 0.2) is 72.9 Å². The van der Waals surface area contributed by atoms with E-state index in [4.69, 9.17) is 9.72 Å². The highest BCUT2D eigenvalue weighted by Gasteiger charge is 2.23. The molecule has 1 fully saturated rings. The van der Waals surface area contributed by atoms with Crippen LogP contribution in [0.4, 0.5) is 10.1 Å². The second kappa shape index (κ2) is 8.70. The van der Waals surface area contributed by atoms with Crippen LogP contribution in [0.3, 0.4) is 0 Å². The molecule has 5 aromatic rings. The molecule has 0 aliphatic carbocycles. The van der Waals surface area contributed by atoms with Gasteiger partial charge < -0.3 is 14.5 Å². The van der Waals surface area contributed by atoms with Crippen molar-refractivity contribution in [1.82, 2.24) is 14.3 Å².